The summed E-state index contributed by atoms with van der Waals surface area (Å²) in [6.07, 6.45) is -0.202. The van der Waals surface area contributed by atoms with Crippen LogP contribution in [0.3, 0.4) is 0 Å². The molecule has 7 heteroatoms. The highest BCUT2D eigenvalue weighted by atomic mass is 32.2. The Labute approximate surface area is 118 Å². The van der Waals surface area contributed by atoms with E-state index in [1.165, 1.54) is 22.5 Å². The Hall–Kier alpha value is -1.02. The fraction of sp³-hybridized carbons (Fsp3) is 0.538. The minimum absolute atomic E-state index is 0.169. The van der Waals surface area contributed by atoms with Crippen molar-refractivity contribution in [3.8, 4) is 0 Å². The summed E-state index contributed by atoms with van der Waals surface area (Å²) in [5.74, 6) is -0.765. The maximum absolute atomic E-state index is 14.0. The third-order valence-electron chi connectivity index (χ3n) is 3.37. The van der Waals surface area contributed by atoms with Crippen LogP contribution in [0.4, 0.5) is 4.39 Å². The summed E-state index contributed by atoms with van der Waals surface area (Å²) in [5.41, 5.74) is 5.98. The molecule has 0 radical (unpaired) electrons. The number of nitrogens with zero attached hydrogens (tertiary/aromatic N) is 1. The lowest BCUT2D eigenvalue weighted by Gasteiger charge is -2.35. The Balaban J connectivity index is 2.39. The fourth-order valence-electron chi connectivity index (χ4n) is 2.21. The molecule has 1 aromatic carbocycles. The van der Waals surface area contributed by atoms with Gasteiger partial charge in [-0.3, -0.25) is 0 Å². The van der Waals surface area contributed by atoms with E-state index in [1.807, 2.05) is 0 Å². The number of rotatable bonds is 3. The molecule has 2 rings (SSSR count). The number of sulfonamides is 1. The van der Waals surface area contributed by atoms with Gasteiger partial charge in [-0.05, 0) is 31.5 Å². The van der Waals surface area contributed by atoms with Crippen LogP contribution < -0.4 is 5.73 Å². The summed E-state index contributed by atoms with van der Waals surface area (Å²) in [6.45, 7) is 4.24. The molecule has 0 amide bonds. The van der Waals surface area contributed by atoms with E-state index in [9.17, 15) is 12.8 Å². The van der Waals surface area contributed by atoms with Crippen LogP contribution in [-0.2, 0) is 21.3 Å². The van der Waals surface area contributed by atoms with E-state index in [4.69, 9.17) is 10.5 Å². The first-order chi connectivity index (χ1) is 9.36. The summed E-state index contributed by atoms with van der Waals surface area (Å²) in [7, 11) is -3.86. The first-order valence-electron chi connectivity index (χ1n) is 6.48. The molecule has 0 aromatic heterocycles. The molecular formula is C13H19FN2O3S. The van der Waals surface area contributed by atoms with Gasteiger partial charge in [-0.2, -0.15) is 4.31 Å². The van der Waals surface area contributed by atoms with Gasteiger partial charge in [0.1, 0.15) is 10.7 Å². The molecule has 1 saturated heterocycles. The number of morpholine rings is 1. The van der Waals surface area contributed by atoms with Gasteiger partial charge in [-0.1, -0.05) is 6.07 Å². The summed E-state index contributed by atoms with van der Waals surface area (Å²) < 4.78 is 45.8. The van der Waals surface area contributed by atoms with Crippen molar-refractivity contribution in [2.75, 3.05) is 13.2 Å². The molecule has 2 N–H and O–H groups in total. The SMILES string of the molecule is CC1CN(S(=O)(=O)c2ccc(CN)cc2F)C(C)CO1. The molecule has 0 bridgehead atoms. The van der Waals surface area contributed by atoms with Crippen molar-refractivity contribution in [1.29, 1.82) is 0 Å². The van der Waals surface area contributed by atoms with Crippen LogP contribution in [0.15, 0.2) is 23.1 Å². The Morgan fingerprint density at radius 1 is 1.45 bits per heavy atom. The normalized spacial score (nSPS) is 24.8. The number of halogens is 1. The lowest BCUT2D eigenvalue weighted by molar-refractivity contribution is -0.0171. The zero-order valence-electron chi connectivity index (χ0n) is 11.5. The second-order valence-corrected chi connectivity index (χ2v) is 6.90. The Kier molecular flexibility index (Phi) is 4.43. The van der Waals surface area contributed by atoms with Crippen LogP contribution in [-0.4, -0.2) is 38.0 Å². The Morgan fingerprint density at radius 3 is 2.75 bits per heavy atom. The molecule has 112 valence electrons. The highest BCUT2D eigenvalue weighted by Gasteiger charge is 2.35. The number of benzene rings is 1. The van der Waals surface area contributed by atoms with Gasteiger partial charge in [0.2, 0.25) is 10.0 Å². The van der Waals surface area contributed by atoms with E-state index < -0.39 is 15.8 Å². The third kappa shape index (κ3) is 2.85. The minimum atomic E-state index is -3.86. The standard InChI is InChI=1S/C13H19FN2O3S/c1-9-8-19-10(2)7-16(9)20(17,18)13-4-3-11(6-15)5-12(13)14/h3-5,9-10H,6-8,15H2,1-2H3. The molecule has 1 aliphatic rings. The van der Waals surface area contributed by atoms with Crippen molar-refractivity contribution < 1.29 is 17.5 Å². The van der Waals surface area contributed by atoms with Gasteiger partial charge >= 0.3 is 0 Å². The van der Waals surface area contributed by atoms with Crippen molar-refractivity contribution in [1.82, 2.24) is 4.31 Å². The largest absolute Gasteiger partial charge is 0.375 e. The van der Waals surface area contributed by atoms with Gasteiger partial charge < -0.3 is 10.5 Å². The molecule has 2 atom stereocenters. The van der Waals surface area contributed by atoms with E-state index in [-0.39, 0.29) is 30.1 Å². The second-order valence-electron chi connectivity index (χ2n) is 5.04. The molecule has 1 aliphatic heterocycles. The highest BCUT2D eigenvalue weighted by molar-refractivity contribution is 7.89. The van der Waals surface area contributed by atoms with Gasteiger partial charge in [0, 0.05) is 19.1 Å². The summed E-state index contributed by atoms with van der Waals surface area (Å²) in [5, 5.41) is 0. The molecule has 0 saturated carbocycles. The van der Waals surface area contributed by atoms with Crippen molar-refractivity contribution in [3.63, 3.8) is 0 Å². The van der Waals surface area contributed by atoms with Gasteiger partial charge in [0.15, 0.2) is 0 Å². The van der Waals surface area contributed by atoms with Crippen LogP contribution in [0.2, 0.25) is 0 Å². The Morgan fingerprint density at radius 2 is 2.15 bits per heavy atom. The topological polar surface area (TPSA) is 72.6 Å². The van der Waals surface area contributed by atoms with Gasteiger partial charge in [-0.15, -0.1) is 0 Å². The summed E-state index contributed by atoms with van der Waals surface area (Å²) in [4.78, 5) is -0.310. The lowest BCUT2D eigenvalue weighted by atomic mass is 10.2. The number of hydrogen-bond acceptors (Lipinski definition) is 4. The highest BCUT2D eigenvalue weighted by Crippen LogP contribution is 2.25. The first kappa shape index (κ1) is 15.4. The van der Waals surface area contributed by atoms with Gasteiger partial charge in [0.05, 0.1) is 12.7 Å². The van der Waals surface area contributed by atoms with E-state index in [0.29, 0.717) is 12.2 Å². The molecule has 1 aromatic rings. The third-order valence-corrected chi connectivity index (χ3v) is 5.38. The molecule has 0 spiro atoms. The number of hydrogen-bond donors (Lipinski definition) is 1. The van der Waals surface area contributed by atoms with Crippen molar-refractivity contribution >= 4 is 10.0 Å². The average molecular weight is 302 g/mol. The molecule has 2 unspecified atom stereocenters. The van der Waals surface area contributed by atoms with E-state index in [0.717, 1.165) is 0 Å². The van der Waals surface area contributed by atoms with Crippen LogP contribution in [0.5, 0.6) is 0 Å². The monoisotopic (exact) mass is 302 g/mol. The summed E-state index contributed by atoms with van der Waals surface area (Å²) >= 11 is 0. The van der Waals surface area contributed by atoms with E-state index in [1.54, 1.807) is 13.8 Å². The maximum Gasteiger partial charge on any atom is 0.246 e. The van der Waals surface area contributed by atoms with Gasteiger partial charge in [0.25, 0.3) is 0 Å². The molecular weight excluding hydrogens is 283 g/mol. The smallest absolute Gasteiger partial charge is 0.246 e. The predicted molar refractivity (Wildman–Crippen MR) is 73.1 cm³/mol. The van der Waals surface area contributed by atoms with Crippen LogP contribution >= 0.6 is 0 Å². The maximum atomic E-state index is 14.0. The number of nitrogens with two attached hydrogens (primary N) is 1. The quantitative estimate of drug-likeness (QED) is 0.907. The van der Waals surface area contributed by atoms with Crippen molar-refractivity contribution in [2.24, 2.45) is 5.73 Å². The van der Waals surface area contributed by atoms with Crippen molar-refractivity contribution in [3.05, 3.63) is 29.6 Å². The van der Waals surface area contributed by atoms with Crippen molar-refractivity contribution in [2.45, 2.75) is 37.4 Å². The predicted octanol–water partition coefficient (Wildman–Crippen LogP) is 1.08. The first-order valence-corrected chi connectivity index (χ1v) is 7.92. The second kappa shape index (κ2) is 5.77. The zero-order valence-corrected chi connectivity index (χ0v) is 12.4. The van der Waals surface area contributed by atoms with Crippen LogP contribution in [0.1, 0.15) is 19.4 Å². The lowest BCUT2D eigenvalue weighted by Crippen LogP contribution is -2.50. The average Bonchev–Trinajstić information content (AvgIpc) is 2.40. The molecule has 1 fully saturated rings. The van der Waals surface area contributed by atoms with E-state index in [2.05, 4.69) is 0 Å². The molecule has 5 nitrogen and oxygen atoms in total. The molecule has 20 heavy (non-hydrogen) atoms. The van der Waals surface area contributed by atoms with E-state index >= 15 is 0 Å². The zero-order chi connectivity index (χ0) is 14.9. The summed E-state index contributed by atoms with van der Waals surface area (Å²) in [6, 6.07) is 3.66. The van der Waals surface area contributed by atoms with Gasteiger partial charge in [-0.25, -0.2) is 12.8 Å². The number of ether oxygens (including phenoxy) is 1. The minimum Gasteiger partial charge on any atom is -0.375 e. The molecule has 1 heterocycles. The Bertz CT molecular complexity index is 591. The van der Waals surface area contributed by atoms with Crippen LogP contribution in [0.25, 0.3) is 0 Å². The van der Waals surface area contributed by atoms with Crippen LogP contribution in [0, 0.1) is 5.82 Å². The fourth-order valence-corrected chi connectivity index (χ4v) is 3.95. The molecule has 0 aliphatic carbocycles.